The average molecular weight is 259 g/mol. The summed E-state index contributed by atoms with van der Waals surface area (Å²) >= 11 is 0. The molecule has 1 aromatic carbocycles. The van der Waals surface area contributed by atoms with Crippen LogP contribution in [0.4, 0.5) is 0 Å². The van der Waals surface area contributed by atoms with Gasteiger partial charge in [-0.2, -0.15) is 0 Å². The van der Waals surface area contributed by atoms with Crippen LogP contribution >= 0.6 is 0 Å². The van der Waals surface area contributed by atoms with Crippen LogP contribution in [-0.2, 0) is 0 Å². The zero-order valence-corrected chi connectivity index (χ0v) is 12.9. The molecule has 0 bridgehead atoms. The molecule has 0 spiro atoms. The standard InChI is InChI=1S/C18H29N/c1-13(12-18(2,3)4)10-17(19)16-11-15(16)14-8-6-5-7-9-14/h5-9,13,15-17H,10-12,19H2,1-4H3. The average Bonchev–Trinajstić information content (AvgIpc) is 3.07. The van der Waals surface area contributed by atoms with E-state index in [2.05, 4.69) is 58.0 Å². The fourth-order valence-corrected chi connectivity index (χ4v) is 3.54. The highest BCUT2D eigenvalue weighted by Gasteiger charge is 2.42. The Morgan fingerprint density at radius 3 is 2.42 bits per heavy atom. The first kappa shape index (κ1) is 14.6. The molecule has 4 atom stereocenters. The number of nitrogens with two attached hydrogens (primary N) is 1. The molecule has 2 N–H and O–H groups in total. The van der Waals surface area contributed by atoms with Crippen LogP contribution in [0.1, 0.15) is 58.4 Å². The first-order chi connectivity index (χ1) is 8.87. The molecule has 19 heavy (non-hydrogen) atoms. The Balaban J connectivity index is 1.81. The summed E-state index contributed by atoms with van der Waals surface area (Å²) in [5.74, 6) is 2.16. The van der Waals surface area contributed by atoms with Gasteiger partial charge in [-0.25, -0.2) is 0 Å². The van der Waals surface area contributed by atoms with Gasteiger partial charge in [0, 0.05) is 6.04 Å². The molecular weight excluding hydrogens is 230 g/mol. The summed E-state index contributed by atoms with van der Waals surface area (Å²) < 4.78 is 0. The van der Waals surface area contributed by atoms with Gasteiger partial charge in [0.2, 0.25) is 0 Å². The van der Waals surface area contributed by atoms with Crippen LogP contribution in [0.2, 0.25) is 0 Å². The van der Waals surface area contributed by atoms with Crippen molar-refractivity contribution in [1.82, 2.24) is 0 Å². The second-order valence-corrected chi connectivity index (χ2v) is 7.69. The maximum Gasteiger partial charge on any atom is 0.00757 e. The minimum Gasteiger partial charge on any atom is -0.327 e. The van der Waals surface area contributed by atoms with Gasteiger partial charge in [-0.3, -0.25) is 0 Å². The predicted molar refractivity (Wildman–Crippen MR) is 83.1 cm³/mol. The second-order valence-electron chi connectivity index (χ2n) is 7.69. The summed E-state index contributed by atoms with van der Waals surface area (Å²) in [6.45, 7) is 9.31. The van der Waals surface area contributed by atoms with Crippen LogP contribution in [0.15, 0.2) is 30.3 Å². The van der Waals surface area contributed by atoms with Gasteiger partial charge in [0.25, 0.3) is 0 Å². The third-order valence-electron chi connectivity index (χ3n) is 4.25. The highest BCUT2D eigenvalue weighted by atomic mass is 14.7. The normalized spacial score (nSPS) is 25.9. The number of rotatable bonds is 5. The predicted octanol–water partition coefficient (Wildman–Crippen LogP) is 4.58. The molecule has 4 unspecified atom stereocenters. The highest BCUT2D eigenvalue weighted by molar-refractivity contribution is 5.26. The van der Waals surface area contributed by atoms with Crippen LogP contribution in [0.25, 0.3) is 0 Å². The molecule has 0 heterocycles. The molecule has 1 nitrogen and oxygen atoms in total. The van der Waals surface area contributed by atoms with Crippen LogP contribution in [-0.4, -0.2) is 6.04 Å². The highest BCUT2D eigenvalue weighted by Crippen LogP contribution is 2.50. The van der Waals surface area contributed by atoms with E-state index in [4.69, 9.17) is 5.73 Å². The minimum absolute atomic E-state index is 0.377. The van der Waals surface area contributed by atoms with Crippen molar-refractivity contribution >= 4 is 0 Å². The Morgan fingerprint density at radius 1 is 1.21 bits per heavy atom. The first-order valence-electron chi connectivity index (χ1n) is 7.67. The van der Waals surface area contributed by atoms with E-state index in [1.165, 1.54) is 24.8 Å². The van der Waals surface area contributed by atoms with E-state index in [0.29, 0.717) is 17.4 Å². The molecule has 0 amide bonds. The van der Waals surface area contributed by atoms with Gasteiger partial charge in [-0.05, 0) is 48.0 Å². The maximum atomic E-state index is 6.43. The Labute approximate surface area is 118 Å². The van der Waals surface area contributed by atoms with Crippen molar-refractivity contribution in [2.45, 2.75) is 58.9 Å². The quantitative estimate of drug-likeness (QED) is 0.823. The smallest absolute Gasteiger partial charge is 0.00757 e. The van der Waals surface area contributed by atoms with Crippen molar-refractivity contribution in [2.75, 3.05) is 0 Å². The molecule has 0 aliphatic heterocycles. The van der Waals surface area contributed by atoms with E-state index in [1.54, 1.807) is 0 Å². The summed E-state index contributed by atoms with van der Waals surface area (Å²) in [6.07, 6.45) is 3.72. The molecule has 1 saturated carbocycles. The van der Waals surface area contributed by atoms with E-state index in [0.717, 1.165) is 11.8 Å². The van der Waals surface area contributed by atoms with Crippen LogP contribution in [0, 0.1) is 17.3 Å². The fraction of sp³-hybridized carbons (Fsp3) is 0.667. The van der Waals surface area contributed by atoms with Gasteiger partial charge >= 0.3 is 0 Å². The SMILES string of the molecule is CC(CC(N)C1CC1c1ccccc1)CC(C)(C)C. The van der Waals surface area contributed by atoms with Crippen molar-refractivity contribution in [3.05, 3.63) is 35.9 Å². The molecule has 1 aliphatic rings. The summed E-state index contributed by atoms with van der Waals surface area (Å²) in [6, 6.07) is 11.2. The summed E-state index contributed by atoms with van der Waals surface area (Å²) in [5, 5.41) is 0. The van der Waals surface area contributed by atoms with Gasteiger partial charge in [0.15, 0.2) is 0 Å². The molecule has 0 saturated heterocycles. The van der Waals surface area contributed by atoms with Gasteiger partial charge in [0.05, 0.1) is 0 Å². The summed E-state index contributed by atoms with van der Waals surface area (Å²) in [5.41, 5.74) is 8.32. The zero-order valence-electron chi connectivity index (χ0n) is 12.9. The van der Waals surface area contributed by atoms with Gasteiger partial charge in [-0.1, -0.05) is 58.0 Å². The van der Waals surface area contributed by atoms with Crippen molar-refractivity contribution < 1.29 is 0 Å². The van der Waals surface area contributed by atoms with Gasteiger partial charge < -0.3 is 5.73 Å². The molecule has 2 rings (SSSR count). The third-order valence-corrected chi connectivity index (χ3v) is 4.25. The monoisotopic (exact) mass is 259 g/mol. The molecule has 106 valence electrons. The zero-order chi connectivity index (χ0) is 14.0. The van der Waals surface area contributed by atoms with Gasteiger partial charge in [0.1, 0.15) is 0 Å². The lowest BCUT2D eigenvalue weighted by molar-refractivity contribution is 0.279. The van der Waals surface area contributed by atoms with E-state index < -0.39 is 0 Å². The van der Waals surface area contributed by atoms with E-state index in [-0.39, 0.29) is 0 Å². The Kier molecular flexibility index (Phi) is 4.35. The Bertz CT molecular complexity index is 390. The fourth-order valence-electron chi connectivity index (χ4n) is 3.54. The first-order valence-corrected chi connectivity index (χ1v) is 7.67. The molecule has 0 aromatic heterocycles. The van der Waals surface area contributed by atoms with Crippen molar-refractivity contribution in [3.63, 3.8) is 0 Å². The lowest BCUT2D eigenvalue weighted by Gasteiger charge is -2.25. The third kappa shape index (κ3) is 4.35. The summed E-state index contributed by atoms with van der Waals surface area (Å²) in [4.78, 5) is 0. The lowest BCUT2D eigenvalue weighted by atomic mass is 9.82. The molecule has 1 aromatic rings. The van der Waals surface area contributed by atoms with Crippen LogP contribution in [0.3, 0.4) is 0 Å². The maximum absolute atomic E-state index is 6.43. The molecule has 1 aliphatic carbocycles. The van der Waals surface area contributed by atoms with Crippen molar-refractivity contribution in [2.24, 2.45) is 23.0 Å². The molecule has 1 heteroatoms. The van der Waals surface area contributed by atoms with Crippen LogP contribution in [0.5, 0.6) is 0 Å². The van der Waals surface area contributed by atoms with E-state index in [9.17, 15) is 0 Å². The Morgan fingerprint density at radius 2 is 1.84 bits per heavy atom. The van der Waals surface area contributed by atoms with Crippen molar-refractivity contribution in [3.8, 4) is 0 Å². The summed E-state index contributed by atoms with van der Waals surface area (Å²) in [7, 11) is 0. The van der Waals surface area contributed by atoms with E-state index in [1.807, 2.05) is 0 Å². The van der Waals surface area contributed by atoms with Crippen molar-refractivity contribution in [1.29, 1.82) is 0 Å². The second kappa shape index (κ2) is 5.66. The van der Waals surface area contributed by atoms with Crippen LogP contribution < -0.4 is 5.73 Å². The Hall–Kier alpha value is -0.820. The van der Waals surface area contributed by atoms with E-state index >= 15 is 0 Å². The molecular formula is C18H29N. The topological polar surface area (TPSA) is 26.0 Å². The lowest BCUT2D eigenvalue weighted by Crippen LogP contribution is -2.27. The number of hydrogen-bond acceptors (Lipinski definition) is 1. The minimum atomic E-state index is 0.377. The largest absolute Gasteiger partial charge is 0.327 e. The molecule has 0 radical (unpaired) electrons. The van der Waals surface area contributed by atoms with Gasteiger partial charge in [-0.15, -0.1) is 0 Å². The number of hydrogen-bond donors (Lipinski definition) is 1. The molecule has 1 fully saturated rings. The number of benzene rings is 1.